The van der Waals surface area contributed by atoms with E-state index in [1.165, 1.54) is 0 Å². The maximum absolute atomic E-state index is 12.1. The zero-order chi connectivity index (χ0) is 17.2. The monoisotopic (exact) mass is 330 g/mol. The van der Waals surface area contributed by atoms with Crippen molar-refractivity contribution in [1.82, 2.24) is 25.1 Å². The van der Waals surface area contributed by atoms with Crippen LogP contribution in [-0.4, -0.2) is 56.0 Å². The minimum atomic E-state index is -0.956. The molecule has 1 aliphatic rings. The Kier molecular flexibility index (Phi) is 4.48. The van der Waals surface area contributed by atoms with E-state index in [-0.39, 0.29) is 19.0 Å². The van der Waals surface area contributed by atoms with E-state index >= 15 is 0 Å². The first kappa shape index (κ1) is 16.4. The van der Waals surface area contributed by atoms with Gasteiger partial charge in [-0.2, -0.15) is 5.10 Å². The number of aliphatic hydroxyl groups is 1. The lowest BCUT2D eigenvalue weighted by Crippen LogP contribution is -2.46. The molecule has 0 radical (unpaired) electrons. The van der Waals surface area contributed by atoms with Gasteiger partial charge in [0.2, 0.25) is 5.91 Å². The van der Waals surface area contributed by atoms with Crippen LogP contribution in [0.15, 0.2) is 24.7 Å². The van der Waals surface area contributed by atoms with Crippen LogP contribution < -0.4 is 10.2 Å². The summed E-state index contributed by atoms with van der Waals surface area (Å²) in [4.78, 5) is 22.4. The lowest BCUT2D eigenvalue weighted by Gasteiger charge is -2.24. The molecule has 8 nitrogen and oxygen atoms in total. The molecule has 1 aliphatic heterocycles. The Bertz CT molecular complexity index is 717. The Morgan fingerprint density at radius 3 is 2.92 bits per heavy atom. The second kappa shape index (κ2) is 6.56. The predicted octanol–water partition coefficient (Wildman–Crippen LogP) is 0.0475. The molecular weight excluding hydrogens is 308 g/mol. The minimum Gasteiger partial charge on any atom is -0.386 e. The van der Waals surface area contributed by atoms with Crippen LogP contribution in [0.3, 0.4) is 0 Å². The van der Waals surface area contributed by atoms with Crippen LogP contribution in [0.2, 0.25) is 0 Å². The summed E-state index contributed by atoms with van der Waals surface area (Å²) in [7, 11) is 0. The molecule has 3 rings (SSSR count). The number of rotatable bonds is 5. The highest BCUT2D eigenvalue weighted by Crippen LogP contribution is 2.24. The van der Waals surface area contributed by atoms with Crippen LogP contribution >= 0.6 is 0 Å². The fourth-order valence-corrected chi connectivity index (χ4v) is 2.94. The third kappa shape index (κ3) is 3.70. The molecule has 24 heavy (non-hydrogen) atoms. The predicted molar refractivity (Wildman–Crippen MR) is 88.5 cm³/mol. The van der Waals surface area contributed by atoms with Gasteiger partial charge >= 0.3 is 0 Å². The van der Waals surface area contributed by atoms with E-state index in [1.54, 1.807) is 23.3 Å². The van der Waals surface area contributed by atoms with Crippen molar-refractivity contribution >= 4 is 11.7 Å². The summed E-state index contributed by atoms with van der Waals surface area (Å²) < 4.78 is 1.66. The topological polar surface area (TPSA) is 96.2 Å². The van der Waals surface area contributed by atoms with Gasteiger partial charge in [-0.05, 0) is 26.3 Å². The van der Waals surface area contributed by atoms with Gasteiger partial charge in [-0.15, -0.1) is 0 Å². The van der Waals surface area contributed by atoms with E-state index < -0.39 is 5.60 Å². The first-order valence-electron chi connectivity index (χ1n) is 7.96. The first-order valence-corrected chi connectivity index (χ1v) is 7.96. The van der Waals surface area contributed by atoms with Crippen molar-refractivity contribution < 1.29 is 9.90 Å². The van der Waals surface area contributed by atoms with Gasteiger partial charge in [-0.1, -0.05) is 0 Å². The molecule has 0 unspecified atom stereocenters. The number of β-amino-alcohol motifs (C(OH)–C–C–N with tert-alkyl or cyclic N) is 1. The van der Waals surface area contributed by atoms with E-state index in [2.05, 4.69) is 20.4 Å². The molecule has 1 fully saturated rings. The van der Waals surface area contributed by atoms with E-state index in [9.17, 15) is 9.90 Å². The summed E-state index contributed by atoms with van der Waals surface area (Å²) >= 11 is 0. The van der Waals surface area contributed by atoms with E-state index in [0.29, 0.717) is 19.5 Å². The fraction of sp³-hybridized carbons (Fsp3) is 0.500. The molecule has 0 spiro atoms. The van der Waals surface area contributed by atoms with Gasteiger partial charge in [0.15, 0.2) is 0 Å². The molecule has 3 heterocycles. The molecule has 0 aromatic carbocycles. The Morgan fingerprint density at radius 2 is 2.25 bits per heavy atom. The van der Waals surface area contributed by atoms with Crippen molar-refractivity contribution in [3.8, 4) is 0 Å². The van der Waals surface area contributed by atoms with Crippen LogP contribution in [0, 0.1) is 13.8 Å². The number of carbonyl (C=O) groups excluding carboxylic acids is 1. The number of anilines is 1. The summed E-state index contributed by atoms with van der Waals surface area (Å²) in [6.07, 6.45) is 5.49. The van der Waals surface area contributed by atoms with Crippen LogP contribution in [0.1, 0.15) is 17.8 Å². The SMILES string of the molecule is Cc1cc(C)n(CC(=O)NC[C@@]2(O)CCN(c3cnccn3)C2)n1. The molecule has 128 valence electrons. The van der Waals surface area contributed by atoms with Crippen molar-refractivity contribution in [3.05, 3.63) is 36.0 Å². The lowest BCUT2D eigenvalue weighted by atomic mass is 10.0. The van der Waals surface area contributed by atoms with Crippen LogP contribution in [0.4, 0.5) is 5.82 Å². The number of carbonyl (C=O) groups is 1. The van der Waals surface area contributed by atoms with Crippen molar-refractivity contribution in [2.45, 2.75) is 32.4 Å². The number of hydrogen-bond donors (Lipinski definition) is 2. The second-order valence-electron chi connectivity index (χ2n) is 6.32. The number of aryl methyl sites for hydroxylation is 2. The fourth-order valence-electron chi connectivity index (χ4n) is 2.94. The minimum absolute atomic E-state index is 0.156. The highest BCUT2D eigenvalue weighted by Gasteiger charge is 2.37. The number of nitrogens with zero attached hydrogens (tertiary/aromatic N) is 5. The third-order valence-electron chi connectivity index (χ3n) is 4.22. The average Bonchev–Trinajstić information content (AvgIpc) is 3.10. The van der Waals surface area contributed by atoms with Gasteiger partial charge in [0.25, 0.3) is 0 Å². The third-order valence-corrected chi connectivity index (χ3v) is 4.22. The van der Waals surface area contributed by atoms with Gasteiger partial charge in [0.05, 0.1) is 11.9 Å². The second-order valence-corrected chi connectivity index (χ2v) is 6.32. The molecule has 1 saturated heterocycles. The smallest absolute Gasteiger partial charge is 0.241 e. The van der Waals surface area contributed by atoms with Gasteiger partial charge in [-0.25, -0.2) is 4.98 Å². The summed E-state index contributed by atoms with van der Waals surface area (Å²) in [5.74, 6) is 0.579. The van der Waals surface area contributed by atoms with Crippen LogP contribution in [0.5, 0.6) is 0 Å². The Balaban J connectivity index is 1.53. The number of hydrogen-bond acceptors (Lipinski definition) is 6. The largest absolute Gasteiger partial charge is 0.386 e. The van der Waals surface area contributed by atoms with Gasteiger partial charge < -0.3 is 15.3 Å². The molecule has 0 bridgehead atoms. The molecular formula is C16H22N6O2. The van der Waals surface area contributed by atoms with E-state index in [4.69, 9.17) is 0 Å². The van der Waals surface area contributed by atoms with Gasteiger partial charge in [0, 0.05) is 37.7 Å². The van der Waals surface area contributed by atoms with Gasteiger partial charge in [0.1, 0.15) is 18.0 Å². The molecule has 0 saturated carbocycles. The maximum atomic E-state index is 12.1. The van der Waals surface area contributed by atoms with E-state index in [0.717, 1.165) is 17.2 Å². The molecule has 1 amide bonds. The molecule has 2 aromatic heterocycles. The highest BCUT2D eigenvalue weighted by atomic mass is 16.3. The zero-order valence-electron chi connectivity index (χ0n) is 13.9. The van der Waals surface area contributed by atoms with Crippen LogP contribution in [0.25, 0.3) is 0 Å². The average molecular weight is 330 g/mol. The maximum Gasteiger partial charge on any atom is 0.241 e. The summed E-state index contributed by atoms with van der Waals surface area (Å²) in [6, 6.07) is 1.93. The normalized spacial score (nSPS) is 20.4. The van der Waals surface area contributed by atoms with Gasteiger partial charge in [-0.3, -0.25) is 14.5 Å². The lowest BCUT2D eigenvalue weighted by molar-refractivity contribution is -0.123. The van der Waals surface area contributed by atoms with E-state index in [1.807, 2.05) is 24.8 Å². The standard InChI is InChI=1S/C16H22N6O2/c1-12-7-13(2)22(20-12)9-15(23)19-10-16(24)3-6-21(11-16)14-8-17-4-5-18-14/h4-5,7-8,24H,3,6,9-11H2,1-2H3,(H,19,23)/t16-/m0/s1. The Hall–Kier alpha value is -2.48. The molecule has 2 aromatic rings. The summed E-state index contributed by atoms with van der Waals surface area (Å²) in [6.45, 7) is 5.28. The Morgan fingerprint density at radius 1 is 1.42 bits per heavy atom. The highest BCUT2D eigenvalue weighted by molar-refractivity contribution is 5.75. The number of aromatic nitrogens is 4. The summed E-state index contributed by atoms with van der Waals surface area (Å²) in [5, 5.41) is 17.7. The quantitative estimate of drug-likeness (QED) is 0.804. The number of nitrogens with one attached hydrogen (secondary N) is 1. The van der Waals surface area contributed by atoms with Crippen molar-refractivity contribution in [2.75, 3.05) is 24.5 Å². The summed E-state index contributed by atoms with van der Waals surface area (Å²) in [5.41, 5.74) is 0.868. The Labute approximate surface area is 140 Å². The van der Waals surface area contributed by atoms with Crippen molar-refractivity contribution in [1.29, 1.82) is 0 Å². The first-order chi connectivity index (χ1) is 11.5. The molecule has 1 atom stereocenters. The molecule has 2 N–H and O–H groups in total. The molecule has 0 aliphatic carbocycles. The number of amides is 1. The molecule has 8 heteroatoms. The van der Waals surface area contributed by atoms with Crippen molar-refractivity contribution in [2.24, 2.45) is 0 Å². The zero-order valence-corrected chi connectivity index (χ0v) is 13.9. The van der Waals surface area contributed by atoms with Crippen molar-refractivity contribution in [3.63, 3.8) is 0 Å². The van der Waals surface area contributed by atoms with Crippen LogP contribution in [-0.2, 0) is 11.3 Å².